The van der Waals surface area contributed by atoms with Crippen LogP contribution in [-0.2, 0) is 6.54 Å². The minimum atomic E-state index is -0.627. The summed E-state index contributed by atoms with van der Waals surface area (Å²) in [5.41, 5.74) is 7.42. The van der Waals surface area contributed by atoms with Crippen LogP contribution in [0, 0.1) is 0 Å². The molecule has 0 unspecified atom stereocenters. The first-order valence-corrected chi connectivity index (χ1v) is 8.52. The monoisotopic (exact) mass is 346 g/mol. The Hall–Kier alpha value is -1.59. The van der Waals surface area contributed by atoms with Gasteiger partial charge in [-0.25, -0.2) is 0 Å². The number of ether oxygens (including phenoxy) is 1. The van der Waals surface area contributed by atoms with Crippen molar-refractivity contribution in [1.29, 1.82) is 0 Å². The lowest BCUT2D eigenvalue weighted by Gasteiger charge is -2.30. The fourth-order valence-electron chi connectivity index (χ4n) is 3.38. The number of aliphatic hydroxyl groups excluding tert-OH is 1. The molecule has 3 N–H and O–H groups in total. The first-order chi connectivity index (χ1) is 11.5. The number of hydrogen-bond acceptors (Lipinski definition) is 4. The van der Waals surface area contributed by atoms with Crippen LogP contribution < -0.4 is 10.5 Å². The molecule has 0 amide bonds. The molecule has 5 heteroatoms. The second kappa shape index (κ2) is 7.53. The predicted octanol–water partition coefficient (Wildman–Crippen LogP) is 2.68. The Morgan fingerprint density at radius 3 is 2.50 bits per heavy atom. The van der Waals surface area contributed by atoms with Crippen molar-refractivity contribution in [3.05, 3.63) is 65.2 Å². The van der Waals surface area contributed by atoms with E-state index in [9.17, 15) is 5.11 Å². The van der Waals surface area contributed by atoms with Gasteiger partial charge < -0.3 is 15.6 Å². The van der Waals surface area contributed by atoms with Crippen LogP contribution in [0.4, 0.5) is 0 Å². The number of likely N-dealkylation sites (N-methyl/N-ethyl adjacent to an activating group) is 1. The summed E-state index contributed by atoms with van der Waals surface area (Å²) < 4.78 is 5.93. The Balaban J connectivity index is 1.65. The van der Waals surface area contributed by atoms with Gasteiger partial charge >= 0.3 is 0 Å². The number of halogens is 1. The zero-order chi connectivity index (χ0) is 17.1. The maximum absolute atomic E-state index is 10.7. The quantitative estimate of drug-likeness (QED) is 0.874. The van der Waals surface area contributed by atoms with E-state index in [0.29, 0.717) is 13.0 Å². The fourth-order valence-corrected chi connectivity index (χ4v) is 3.51. The number of para-hydroxylation sites is 1. The normalized spacial score (nSPS) is 26.7. The molecule has 1 aliphatic carbocycles. The van der Waals surface area contributed by atoms with Crippen LogP contribution in [-0.4, -0.2) is 41.3 Å². The molecule has 24 heavy (non-hydrogen) atoms. The second-order valence-electron chi connectivity index (χ2n) is 6.39. The molecule has 4 nitrogen and oxygen atoms in total. The van der Waals surface area contributed by atoms with E-state index in [0.717, 1.165) is 16.3 Å². The number of rotatable bonds is 5. The third-order valence-corrected chi connectivity index (χ3v) is 4.81. The highest BCUT2D eigenvalue weighted by atomic mass is 35.5. The number of hydrogen-bond donors (Lipinski definition) is 2. The van der Waals surface area contributed by atoms with Crippen LogP contribution in [0.1, 0.15) is 12.0 Å². The van der Waals surface area contributed by atoms with E-state index in [-0.39, 0.29) is 18.2 Å². The van der Waals surface area contributed by atoms with E-state index in [1.807, 2.05) is 61.6 Å². The molecule has 0 heterocycles. The summed E-state index contributed by atoms with van der Waals surface area (Å²) in [6.45, 7) is 0.699. The van der Waals surface area contributed by atoms with Crippen molar-refractivity contribution in [2.45, 2.75) is 37.3 Å². The molecular weight excluding hydrogens is 324 g/mol. The van der Waals surface area contributed by atoms with E-state index < -0.39 is 6.10 Å². The summed E-state index contributed by atoms with van der Waals surface area (Å²) in [5.74, 6) is 0.759. The number of nitrogens with two attached hydrogens (primary N) is 1. The highest BCUT2D eigenvalue weighted by Gasteiger charge is 2.44. The molecule has 1 saturated carbocycles. The number of nitrogens with zero attached hydrogens (tertiary/aromatic N) is 1. The van der Waals surface area contributed by atoms with Crippen LogP contribution in [0.3, 0.4) is 0 Å². The number of benzene rings is 2. The van der Waals surface area contributed by atoms with Gasteiger partial charge in [0.1, 0.15) is 18.0 Å². The third-order valence-electron chi connectivity index (χ3n) is 4.56. The van der Waals surface area contributed by atoms with E-state index >= 15 is 0 Å². The first-order valence-electron chi connectivity index (χ1n) is 8.14. The Morgan fingerprint density at radius 2 is 1.83 bits per heavy atom. The predicted molar refractivity (Wildman–Crippen MR) is 96.2 cm³/mol. The van der Waals surface area contributed by atoms with Crippen molar-refractivity contribution in [3.8, 4) is 5.75 Å². The average Bonchev–Trinajstić information content (AvgIpc) is 2.84. The Morgan fingerprint density at radius 1 is 1.17 bits per heavy atom. The van der Waals surface area contributed by atoms with E-state index in [1.165, 1.54) is 0 Å². The molecule has 0 spiro atoms. The van der Waals surface area contributed by atoms with Crippen LogP contribution in [0.5, 0.6) is 5.75 Å². The van der Waals surface area contributed by atoms with Crippen molar-refractivity contribution >= 4 is 11.6 Å². The summed E-state index contributed by atoms with van der Waals surface area (Å²) in [7, 11) is 1.98. The van der Waals surface area contributed by atoms with Crippen molar-refractivity contribution < 1.29 is 9.84 Å². The highest BCUT2D eigenvalue weighted by molar-refractivity contribution is 6.30. The van der Waals surface area contributed by atoms with Crippen LogP contribution in [0.15, 0.2) is 54.6 Å². The molecule has 0 bridgehead atoms. The smallest absolute Gasteiger partial charge is 0.128 e. The standard InChI is InChI=1S/C19H23ClN2O2/c1-22(12-13-7-9-14(20)10-8-13)18-16(21)11-17(19(18)23)24-15-5-3-2-4-6-15/h2-10,16-19,23H,11-12,21H2,1H3/t16-,17-,18+,19+/m1/s1. The second-order valence-corrected chi connectivity index (χ2v) is 6.83. The van der Waals surface area contributed by atoms with E-state index in [1.54, 1.807) is 0 Å². The van der Waals surface area contributed by atoms with E-state index in [2.05, 4.69) is 4.90 Å². The minimum Gasteiger partial charge on any atom is -0.488 e. The van der Waals surface area contributed by atoms with Gasteiger partial charge in [0.05, 0.1) is 6.04 Å². The van der Waals surface area contributed by atoms with Crippen molar-refractivity contribution in [2.75, 3.05) is 7.05 Å². The summed E-state index contributed by atoms with van der Waals surface area (Å²) in [6, 6.07) is 17.0. The van der Waals surface area contributed by atoms with Gasteiger partial charge in [0.15, 0.2) is 0 Å². The molecule has 2 aromatic carbocycles. The Kier molecular flexibility index (Phi) is 5.41. The van der Waals surface area contributed by atoms with Gasteiger partial charge in [-0.3, -0.25) is 4.90 Å². The average molecular weight is 347 g/mol. The molecule has 4 atom stereocenters. The van der Waals surface area contributed by atoms with Crippen LogP contribution in [0.25, 0.3) is 0 Å². The highest BCUT2D eigenvalue weighted by Crippen LogP contribution is 2.28. The zero-order valence-corrected chi connectivity index (χ0v) is 14.4. The topological polar surface area (TPSA) is 58.7 Å². The summed E-state index contributed by atoms with van der Waals surface area (Å²) in [6.07, 6.45) is -0.288. The molecule has 0 aliphatic heterocycles. The Bertz CT molecular complexity index is 650. The molecule has 3 rings (SSSR count). The summed E-state index contributed by atoms with van der Waals surface area (Å²) >= 11 is 5.93. The third kappa shape index (κ3) is 3.90. The van der Waals surface area contributed by atoms with Crippen molar-refractivity contribution in [2.24, 2.45) is 5.73 Å². The van der Waals surface area contributed by atoms with Gasteiger partial charge in [-0.2, -0.15) is 0 Å². The molecule has 0 saturated heterocycles. The van der Waals surface area contributed by atoms with Crippen LogP contribution in [0.2, 0.25) is 5.02 Å². The molecule has 0 aromatic heterocycles. The molecule has 1 aliphatic rings. The maximum atomic E-state index is 10.7. The van der Waals surface area contributed by atoms with Crippen molar-refractivity contribution in [1.82, 2.24) is 4.90 Å². The molecule has 128 valence electrons. The van der Waals surface area contributed by atoms with Gasteiger partial charge in [0.25, 0.3) is 0 Å². The van der Waals surface area contributed by atoms with Gasteiger partial charge in [-0.1, -0.05) is 41.9 Å². The van der Waals surface area contributed by atoms with Gasteiger partial charge in [-0.15, -0.1) is 0 Å². The zero-order valence-electron chi connectivity index (χ0n) is 13.7. The molecule has 1 fully saturated rings. The van der Waals surface area contributed by atoms with Crippen molar-refractivity contribution in [3.63, 3.8) is 0 Å². The summed E-state index contributed by atoms with van der Waals surface area (Å²) in [4.78, 5) is 2.09. The maximum Gasteiger partial charge on any atom is 0.128 e. The first kappa shape index (κ1) is 17.2. The summed E-state index contributed by atoms with van der Waals surface area (Å²) in [5, 5.41) is 11.4. The van der Waals surface area contributed by atoms with Gasteiger partial charge in [0, 0.05) is 24.0 Å². The Labute approximate surface area is 147 Å². The number of aliphatic hydroxyl groups is 1. The molecule has 0 radical (unpaired) electrons. The van der Waals surface area contributed by atoms with E-state index in [4.69, 9.17) is 22.1 Å². The fraction of sp³-hybridized carbons (Fsp3) is 0.368. The van der Waals surface area contributed by atoms with Crippen LogP contribution >= 0.6 is 11.6 Å². The molecular formula is C19H23ClN2O2. The lowest BCUT2D eigenvalue weighted by atomic mass is 10.1. The molecule has 2 aromatic rings. The van der Waals surface area contributed by atoms with Gasteiger partial charge in [-0.05, 0) is 36.9 Å². The lowest BCUT2D eigenvalue weighted by molar-refractivity contribution is 0.0137. The largest absolute Gasteiger partial charge is 0.488 e. The minimum absolute atomic E-state index is 0.133. The SMILES string of the molecule is CN(Cc1ccc(Cl)cc1)[C@@H]1[C@@H](O)[C@H](Oc2ccccc2)C[C@H]1N. The van der Waals surface area contributed by atoms with Gasteiger partial charge in [0.2, 0.25) is 0 Å². The lowest BCUT2D eigenvalue weighted by Crippen LogP contribution is -2.48.